The van der Waals surface area contributed by atoms with Crippen molar-refractivity contribution in [2.45, 2.75) is 25.5 Å². The quantitative estimate of drug-likeness (QED) is 0.665. The fourth-order valence-electron chi connectivity index (χ4n) is 2.82. The lowest BCUT2D eigenvalue weighted by Gasteiger charge is -2.09. The van der Waals surface area contributed by atoms with Gasteiger partial charge in [0.25, 0.3) is 11.5 Å². The zero-order valence-corrected chi connectivity index (χ0v) is 16.6. The highest BCUT2D eigenvalue weighted by Gasteiger charge is 2.12. The number of amides is 1. The molecule has 0 aliphatic heterocycles. The van der Waals surface area contributed by atoms with Gasteiger partial charge in [0.15, 0.2) is 5.16 Å². The van der Waals surface area contributed by atoms with E-state index >= 15 is 0 Å². The molecule has 1 amide bonds. The summed E-state index contributed by atoms with van der Waals surface area (Å²) in [6.45, 7) is 4.20. The number of nitrogens with one attached hydrogen (secondary N) is 2. The summed E-state index contributed by atoms with van der Waals surface area (Å²) in [5, 5.41) is 3.81. The molecule has 3 aromatic rings. The number of benzene rings is 1. The monoisotopic (exact) mass is 382 g/mol. The normalized spacial score (nSPS) is 10.8. The van der Waals surface area contributed by atoms with Crippen LogP contribution in [0.25, 0.3) is 11.1 Å². The number of thioether (sulfide) groups is 1. The molecular weight excluding hydrogens is 360 g/mol. The van der Waals surface area contributed by atoms with Crippen LogP contribution in [0.5, 0.6) is 0 Å². The van der Waals surface area contributed by atoms with Gasteiger partial charge >= 0.3 is 0 Å². The van der Waals surface area contributed by atoms with Gasteiger partial charge in [0.2, 0.25) is 0 Å². The lowest BCUT2D eigenvalue weighted by molar-refractivity contribution is 0.0950. The van der Waals surface area contributed by atoms with Crippen LogP contribution in [-0.4, -0.2) is 26.7 Å². The van der Waals surface area contributed by atoms with E-state index in [9.17, 15) is 9.59 Å². The molecule has 0 unspecified atom stereocenters. The Morgan fingerprint density at radius 3 is 2.78 bits per heavy atom. The van der Waals surface area contributed by atoms with Crippen LogP contribution in [0.2, 0.25) is 0 Å². The standard InChI is InChI=1S/C20H22N4O2S/c1-12-8-17(19(26)23-13(12)2)14-6-5-7-15(9-14)18(25)21-10-16-11-22-20(27-4)24(16)3/h5-9,11H,10H2,1-4H3,(H,21,25)(H,23,26). The van der Waals surface area contributed by atoms with Crippen molar-refractivity contribution in [3.05, 3.63) is 69.4 Å². The third-order valence-electron chi connectivity index (χ3n) is 4.59. The summed E-state index contributed by atoms with van der Waals surface area (Å²) >= 11 is 1.56. The number of aromatic nitrogens is 3. The van der Waals surface area contributed by atoms with Gasteiger partial charge in [-0.15, -0.1) is 0 Å². The van der Waals surface area contributed by atoms with Crippen molar-refractivity contribution in [3.8, 4) is 11.1 Å². The van der Waals surface area contributed by atoms with E-state index in [1.165, 1.54) is 0 Å². The molecule has 3 rings (SSSR count). The number of pyridine rings is 1. The molecule has 2 N–H and O–H groups in total. The molecule has 0 atom stereocenters. The number of imidazole rings is 1. The minimum atomic E-state index is -0.191. The SMILES string of the molecule is CSc1ncc(CNC(=O)c2cccc(-c3cc(C)c(C)[nH]c3=O)c2)n1C. The second kappa shape index (κ2) is 7.84. The smallest absolute Gasteiger partial charge is 0.256 e. The van der Waals surface area contributed by atoms with Crippen LogP contribution in [0.4, 0.5) is 0 Å². The van der Waals surface area contributed by atoms with Crippen LogP contribution in [0.15, 0.2) is 46.5 Å². The van der Waals surface area contributed by atoms with Gasteiger partial charge in [-0.25, -0.2) is 4.98 Å². The predicted octanol–water partition coefficient (Wildman–Crippen LogP) is 3.04. The highest BCUT2D eigenvalue weighted by atomic mass is 32.2. The Morgan fingerprint density at radius 2 is 2.07 bits per heavy atom. The van der Waals surface area contributed by atoms with Crippen molar-refractivity contribution in [1.29, 1.82) is 0 Å². The first kappa shape index (κ1) is 19.0. The van der Waals surface area contributed by atoms with Gasteiger partial charge in [-0.2, -0.15) is 0 Å². The Morgan fingerprint density at radius 1 is 1.30 bits per heavy atom. The zero-order valence-electron chi connectivity index (χ0n) is 15.8. The molecular formula is C20H22N4O2S. The second-order valence-electron chi connectivity index (χ2n) is 6.38. The number of rotatable bonds is 5. The maximum Gasteiger partial charge on any atom is 0.256 e. The Hall–Kier alpha value is -2.80. The van der Waals surface area contributed by atoms with Crippen LogP contribution in [-0.2, 0) is 13.6 Å². The number of nitrogens with zero attached hydrogens (tertiary/aromatic N) is 2. The van der Waals surface area contributed by atoms with Crippen LogP contribution in [0, 0.1) is 13.8 Å². The third-order valence-corrected chi connectivity index (χ3v) is 5.33. The van der Waals surface area contributed by atoms with Gasteiger partial charge in [-0.3, -0.25) is 9.59 Å². The van der Waals surface area contributed by atoms with Crippen LogP contribution in [0.1, 0.15) is 27.3 Å². The van der Waals surface area contributed by atoms with Gasteiger partial charge in [-0.1, -0.05) is 23.9 Å². The van der Waals surface area contributed by atoms with Crippen LogP contribution >= 0.6 is 11.8 Å². The molecule has 0 aliphatic carbocycles. The number of H-pyrrole nitrogens is 1. The number of aryl methyl sites for hydroxylation is 2. The molecule has 0 fully saturated rings. The summed E-state index contributed by atoms with van der Waals surface area (Å²) in [7, 11) is 1.92. The topological polar surface area (TPSA) is 79.8 Å². The Bertz CT molecular complexity index is 1050. The van der Waals surface area contributed by atoms with Crippen molar-refractivity contribution in [3.63, 3.8) is 0 Å². The highest BCUT2D eigenvalue weighted by molar-refractivity contribution is 7.98. The van der Waals surface area contributed by atoms with Crippen molar-refractivity contribution >= 4 is 17.7 Å². The second-order valence-corrected chi connectivity index (χ2v) is 7.15. The van der Waals surface area contributed by atoms with E-state index in [4.69, 9.17) is 0 Å². The molecule has 0 aliphatic rings. The molecule has 27 heavy (non-hydrogen) atoms. The molecule has 7 heteroatoms. The minimum Gasteiger partial charge on any atom is -0.346 e. The van der Waals surface area contributed by atoms with Gasteiger partial charge < -0.3 is 14.9 Å². The number of carbonyl (C=O) groups is 1. The number of hydrogen-bond acceptors (Lipinski definition) is 4. The van der Waals surface area contributed by atoms with E-state index in [2.05, 4.69) is 15.3 Å². The van der Waals surface area contributed by atoms with Gasteiger partial charge in [0.05, 0.1) is 18.4 Å². The van der Waals surface area contributed by atoms with E-state index < -0.39 is 0 Å². The highest BCUT2D eigenvalue weighted by Crippen LogP contribution is 2.19. The fourth-order valence-corrected chi connectivity index (χ4v) is 3.37. The molecule has 0 bridgehead atoms. The molecule has 6 nitrogen and oxygen atoms in total. The summed E-state index contributed by atoms with van der Waals surface area (Å²) in [6.07, 6.45) is 3.72. The van der Waals surface area contributed by atoms with Crippen molar-refractivity contribution in [1.82, 2.24) is 19.9 Å². The molecule has 0 radical (unpaired) electrons. The van der Waals surface area contributed by atoms with E-state index in [1.807, 2.05) is 43.9 Å². The first-order valence-corrected chi connectivity index (χ1v) is 9.77. The molecule has 0 saturated carbocycles. The average molecular weight is 382 g/mol. The minimum absolute atomic E-state index is 0.157. The van der Waals surface area contributed by atoms with Gasteiger partial charge in [-0.05, 0) is 49.4 Å². The van der Waals surface area contributed by atoms with Gasteiger partial charge in [0.1, 0.15) is 0 Å². The third kappa shape index (κ3) is 3.98. The lowest BCUT2D eigenvalue weighted by atomic mass is 10.0. The van der Waals surface area contributed by atoms with E-state index in [0.717, 1.165) is 27.7 Å². The molecule has 1 aromatic carbocycles. The molecule has 0 saturated heterocycles. The van der Waals surface area contributed by atoms with Crippen molar-refractivity contribution in [2.75, 3.05) is 6.26 Å². The Balaban J connectivity index is 1.81. The van der Waals surface area contributed by atoms with Crippen molar-refractivity contribution < 1.29 is 4.79 Å². The average Bonchev–Trinajstić information content (AvgIpc) is 3.02. The number of carbonyl (C=O) groups excluding carboxylic acids is 1. The number of aromatic amines is 1. The fraction of sp³-hybridized carbons (Fsp3) is 0.250. The van der Waals surface area contributed by atoms with E-state index in [-0.39, 0.29) is 11.5 Å². The maximum atomic E-state index is 12.6. The first-order valence-electron chi connectivity index (χ1n) is 8.54. The Labute approximate surface area is 162 Å². The molecule has 140 valence electrons. The lowest BCUT2D eigenvalue weighted by Crippen LogP contribution is -2.24. The number of hydrogen-bond donors (Lipinski definition) is 2. The van der Waals surface area contributed by atoms with E-state index in [1.54, 1.807) is 36.2 Å². The molecule has 2 aromatic heterocycles. The zero-order chi connectivity index (χ0) is 19.6. The Kier molecular flexibility index (Phi) is 5.51. The van der Waals surface area contributed by atoms with E-state index in [0.29, 0.717) is 17.7 Å². The summed E-state index contributed by atoms with van der Waals surface area (Å²) in [5.41, 5.74) is 4.40. The predicted molar refractivity (Wildman–Crippen MR) is 108 cm³/mol. The largest absolute Gasteiger partial charge is 0.346 e. The maximum absolute atomic E-state index is 12.6. The summed E-state index contributed by atoms with van der Waals surface area (Å²) in [6, 6.07) is 8.96. The van der Waals surface area contributed by atoms with Crippen molar-refractivity contribution in [2.24, 2.45) is 7.05 Å². The summed E-state index contributed by atoms with van der Waals surface area (Å²) < 4.78 is 1.95. The summed E-state index contributed by atoms with van der Waals surface area (Å²) in [4.78, 5) is 32.0. The van der Waals surface area contributed by atoms with Crippen LogP contribution in [0.3, 0.4) is 0 Å². The van der Waals surface area contributed by atoms with Crippen LogP contribution < -0.4 is 10.9 Å². The molecule has 2 heterocycles. The summed E-state index contributed by atoms with van der Waals surface area (Å²) in [5.74, 6) is -0.191. The van der Waals surface area contributed by atoms with Gasteiger partial charge in [0, 0.05) is 23.9 Å². The molecule has 0 spiro atoms. The first-order chi connectivity index (χ1) is 12.9.